The lowest BCUT2D eigenvalue weighted by Gasteiger charge is -2.50. The van der Waals surface area contributed by atoms with E-state index in [1.165, 1.54) is 0 Å². The standard InChI is InChI=1S/C13H25NO2/c1-12(2,3)11-13(16-10-7-14-11)5-4-8-15-9-6-13/h11,14H,4-10H2,1-3H3. The number of morpholine rings is 1. The fourth-order valence-corrected chi connectivity index (χ4v) is 3.20. The van der Waals surface area contributed by atoms with Crippen LogP contribution >= 0.6 is 0 Å². The molecule has 0 aromatic carbocycles. The molecule has 2 rings (SSSR count). The molecule has 2 unspecified atom stereocenters. The molecule has 94 valence electrons. The minimum atomic E-state index is 0.00694. The van der Waals surface area contributed by atoms with E-state index in [4.69, 9.17) is 9.47 Å². The molecule has 1 N–H and O–H groups in total. The first-order valence-corrected chi connectivity index (χ1v) is 6.50. The van der Waals surface area contributed by atoms with Crippen molar-refractivity contribution in [2.24, 2.45) is 5.41 Å². The van der Waals surface area contributed by atoms with Crippen LogP contribution in [-0.4, -0.2) is 38.0 Å². The minimum Gasteiger partial charge on any atom is -0.381 e. The zero-order valence-electron chi connectivity index (χ0n) is 10.8. The van der Waals surface area contributed by atoms with Crippen molar-refractivity contribution in [1.29, 1.82) is 0 Å². The van der Waals surface area contributed by atoms with Crippen LogP contribution in [0, 0.1) is 5.41 Å². The molecular formula is C13H25NO2. The Kier molecular flexibility index (Phi) is 3.57. The van der Waals surface area contributed by atoms with Crippen molar-refractivity contribution < 1.29 is 9.47 Å². The quantitative estimate of drug-likeness (QED) is 0.686. The van der Waals surface area contributed by atoms with Crippen LogP contribution in [0.5, 0.6) is 0 Å². The lowest BCUT2D eigenvalue weighted by Crippen LogP contribution is -2.63. The SMILES string of the molecule is CC(C)(C)C1NCCOC12CCCOCC2. The molecule has 2 atom stereocenters. The highest BCUT2D eigenvalue weighted by molar-refractivity contribution is 5.02. The third-order valence-electron chi connectivity index (χ3n) is 3.79. The summed E-state index contributed by atoms with van der Waals surface area (Å²) in [5.41, 5.74) is 0.248. The predicted molar refractivity (Wildman–Crippen MR) is 64.6 cm³/mol. The van der Waals surface area contributed by atoms with Gasteiger partial charge in [0.05, 0.1) is 12.2 Å². The summed E-state index contributed by atoms with van der Waals surface area (Å²) in [4.78, 5) is 0. The molecule has 0 aliphatic carbocycles. The molecule has 16 heavy (non-hydrogen) atoms. The van der Waals surface area contributed by atoms with Crippen molar-refractivity contribution in [3.05, 3.63) is 0 Å². The summed E-state index contributed by atoms with van der Waals surface area (Å²) in [6, 6.07) is 0.440. The van der Waals surface area contributed by atoms with Crippen molar-refractivity contribution >= 4 is 0 Å². The smallest absolute Gasteiger partial charge is 0.0863 e. The predicted octanol–water partition coefficient (Wildman–Crippen LogP) is 1.96. The molecule has 2 aliphatic rings. The zero-order chi connectivity index (χ0) is 11.6. The second-order valence-electron chi connectivity index (χ2n) is 6.13. The molecule has 1 spiro atoms. The minimum absolute atomic E-state index is 0.00694. The van der Waals surface area contributed by atoms with Gasteiger partial charge in [-0.1, -0.05) is 20.8 Å². The molecule has 2 saturated heterocycles. The Morgan fingerprint density at radius 2 is 1.94 bits per heavy atom. The van der Waals surface area contributed by atoms with Crippen LogP contribution in [-0.2, 0) is 9.47 Å². The first-order valence-electron chi connectivity index (χ1n) is 6.50. The molecule has 0 radical (unpaired) electrons. The molecule has 0 amide bonds. The van der Waals surface area contributed by atoms with E-state index < -0.39 is 0 Å². The number of nitrogens with one attached hydrogen (secondary N) is 1. The second-order valence-corrected chi connectivity index (χ2v) is 6.13. The second kappa shape index (κ2) is 4.63. The number of ether oxygens (including phenoxy) is 2. The highest BCUT2D eigenvalue weighted by atomic mass is 16.5. The van der Waals surface area contributed by atoms with Crippen molar-refractivity contribution in [3.8, 4) is 0 Å². The third-order valence-corrected chi connectivity index (χ3v) is 3.79. The van der Waals surface area contributed by atoms with Gasteiger partial charge in [0.25, 0.3) is 0 Å². The van der Waals surface area contributed by atoms with Gasteiger partial charge in [-0.15, -0.1) is 0 Å². The summed E-state index contributed by atoms with van der Waals surface area (Å²) in [6.07, 6.45) is 3.28. The fraction of sp³-hybridized carbons (Fsp3) is 1.00. The van der Waals surface area contributed by atoms with Gasteiger partial charge in [-0.25, -0.2) is 0 Å². The first-order chi connectivity index (χ1) is 7.55. The summed E-state index contributed by atoms with van der Waals surface area (Å²) in [6.45, 7) is 10.4. The van der Waals surface area contributed by atoms with Crippen LogP contribution in [0.3, 0.4) is 0 Å². The summed E-state index contributed by atoms with van der Waals surface area (Å²) in [5, 5.41) is 3.67. The normalized spacial score (nSPS) is 37.3. The van der Waals surface area contributed by atoms with Gasteiger partial charge in [0, 0.05) is 32.2 Å². The highest BCUT2D eigenvalue weighted by Crippen LogP contribution is 2.39. The van der Waals surface area contributed by atoms with Crippen molar-refractivity contribution in [1.82, 2.24) is 5.32 Å². The largest absolute Gasteiger partial charge is 0.381 e. The third kappa shape index (κ3) is 2.41. The van der Waals surface area contributed by atoms with Crippen LogP contribution in [0.4, 0.5) is 0 Å². The average molecular weight is 227 g/mol. The number of rotatable bonds is 0. The maximum atomic E-state index is 6.18. The Balaban J connectivity index is 2.19. The lowest BCUT2D eigenvalue weighted by molar-refractivity contribution is -0.131. The molecule has 0 aromatic rings. The zero-order valence-corrected chi connectivity index (χ0v) is 10.8. The summed E-state index contributed by atoms with van der Waals surface area (Å²) in [5.74, 6) is 0. The van der Waals surface area contributed by atoms with Gasteiger partial charge in [-0.2, -0.15) is 0 Å². The summed E-state index contributed by atoms with van der Waals surface area (Å²) < 4.78 is 11.8. The molecule has 2 heterocycles. The van der Waals surface area contributed by atoms with Crippen LogP contribution in [0.25, 0.3) is 0 Å². The highest BCUT2D eigenvalue weighted by Gasteiger charge is 2.47. The van der Waals surface area contributed by atoms with Crippen LogP contribution in [0.2, 0.25) is 0 Å². The average Bonchev–Trinajstić information content (AvgIpc) is 2.43. The Labute approximate surface area is 98.9 Å². The topological polar surface area (TPSA) is 30.5 Å². The van der Waals surface area contributed by atoms with Crippen LogP contribution in [0.15, 0.2) is 0 Å². The number of hydrogen-bond donors (Lipinski definition) is 1. The Morgan fingerprint density at radius 1 is 1.12 bits per heavy atom. The summed E-state index contributed by atoms with van der Waals surface area (Å²) >= 11 is 0. The van der Waals surface area contributed by atoms with Crippen molar-refractivity contribution in [3.63, 3.8) is 0 Å². The maximum absolute atomic E-state index is 6.18. The molecule has 2 fully saturated rings. The van der Waals surface area contributed by atoms with Gasteiger partial charge < -0.3 is 14.8 Å². The molecule has 2 aliphatic heterocycles. The van der Waals surface area contributed by atoms with E-state index in [-0.39, 0.29) is 11.0 Å². The molecular weight excluding hydrogens is 202 g/mol. The van der Waals surface area contributed by atoms with E-state index in [9.17, 15) is 0 Å². The fourth-order valence-electron chi connectivity index (χ4n) is 3.20. The molecule has 0 saturated carbocycles. The van der Waals surface area contributed by atoms with Gasteiger partial charge >= 0.3 is 0 Å². The Morgan fingerprint density at radius 3 is 2.69 bits per heavy atom. The van der Waals surface area contributed by atoms with Gasteiger partial charge in [0.15, 0.2) is 0 Å². The van der Waals surface area contributed by atoms with E-state index in [0.717, 1.165) is 45.6 Å². The Bertz CT molecular complexity index is 227. The van der Waals surface area contributed by atoms with E-state index in [2.05, 4.69) is 26.1 Å². The molecule has 0 bridgehead atoms. The van der Waals surface area contributed by atoms with Crippen molar-refractivity contribution in [2.45, 2.75) is 51.7 Å². The van der Waals surface area contributed by atoms with Crippen LogP contribution in [0.1, 0.15) is 40.0 Å². The maximum Gasteiger partial charge on any atom is 0.0863 e. The van der Waals surface area contributed by atoms with Gasteiger partial charge in [-0.3, -0.25) is 0 Å². The molecule has 0 aromatic heterocycles. The van der Waals surface area contributed by atoms with Gasteiger partial charge in [0.2, 0.25) is 0 Å². The van der Waals surface area contributed by atoms with Gasteiger partial charge in [-0.05, 0) is 18.3 Å². The lowest BCUT2D eigenvalue weighted by atomic mass is 9.72. The van der Waals surface area contributed by atoms with Crippen molar-refractivity contribution in [2.75, 3.05) is 26.4 Å². The van der Waals surface area contributed by atoms with Crippen LogP contribution < -0.4 is 5.32 Å². The Hall–Kier alpha value is -0.120. The van der Waals surface area contributed by atoms with Gasteiger partial charge in [0.1, 0.15) is 0 Å². The molecule has 3 nitrogen and oxygen atoms in total. The first kappa shape index (κ1) is 12.3. The van der Waals surface area contributed by atoms with E-state index in [1.54, 1.807) is 0 Å². The van der Waals surface area contributed by atoms with E-state index in [0.29, 0.717) is 6.04 Å². The molecule has 3 heteroatoms. The number of hydrogen-bond acceptors (Lipinski definition) is 3. The van der Waals surface area contributed by atoms with E-state index in [1.807, 2.05) is 0 Å². The van der Waals surface area contributed by atoms with E-state index >= 15 is 0 Å². The summed E-state index contributed by atoms with van der Waals surface area (Å²) in [7, 11) is 0. The monoisotopic (exact) mass is 227 g/mol.